The number of halogens is 2. The second kappa shape index (κ2) is 8.15. The van der Waals surface area contributed by atoms with Gasteiger partial charge >= 0.3 is 0 Å². The first-order valence-corrected chi connectivity index (χ1v) is 9.79. The fraction of sp³-hybridized carbons (Fsp3) is 0.190. The molecule has 0 bridgehead atoms. The Morgan fingerprint density at radius 2 is 1.92 bits per heavy atom. The van der Waals surface area contributed by atoms with Crippen LogP contribution >= 0.6 is 31.9 Å². The van der Waals surface area contributed by atoms with Crippen LogP contribution in [-0.2, 0) is 4.79 Å². The molecule has 128 valence electrons. The van der Waals surface area contributed by atoms with E-state index in [-0.39, 0.29) is 5.91 Å². The summed E-state index contributed by atoms with van der Waals surface area (Å²) in [6.45, 7) is 1.98. The molecule has 0 heterocycles. The van der Waals surface area contributed by atoms with Crippen LogP contribution in [0.15, 0.2) is 75.7 Å². The molecule has 1 aliphatic carbocycles. The Bertz CT molecular complexity index is 842. The minimum atomic E-state index is -0.108. The van der Waals surface area contributed by atoms with E-state index in [1.807, 2.05) is 37.3 Å². The molecule has 2 nitrogen and oxygen atoms in total. The summed E-state index contributed by atoms with van der Waals surface area (Å²) >= 11 is 7.05. The molecular weight excluding hydrogens is 442 g/mol. The quantitative estimate of drug-likeness (QED) is 0.407. The van der Waals surface area contributed by atoms with Gasteiger partial charge in [0.15, 0.2) is 0 Å². The van der Waals surface area contributed by atoms with E-state index in [2.05, 4.69) is 61.5 Å². The molecule has 0 aromatic heterocycles. The number of carbonyl (C=O) groups excluding carboxylic acids is 1. The first kappa shape index (κ1) is 18.2. The molecule has 0 saturated heterocycles. The van der Waals surface area contributed by atoms with Crippen molar-refractivity contribution in [2.24, 2.45) is 5.92 Å². The summed E-state index contributed by atoms with van der Waals surface area (Å²) in [4.78, 5) is 11.9. The molecular formula is C21H19Br2NO. The van der Waals surface area contributed by atoms with Gasteiger partial charge in [-0.15, -0.1) is 0 Å². The summed E-state index contributed by atoms with van der Waals surface area (Å²) in [5.41, 5.74) is 3.26. The number of para-hydroxylation sites is 1. The predicted octanol–water partition coefficient (Wildman–Crippen LogP) is 6.37. The maximum absolute atomic E-state index is 11.9. The SMILES string of the molecule is Cc1ccccc1NC(=O)C=CC=C[C@@H]1C[C@H]1c1ccc(Br)c(Br)c1. The van der Waals surface area contributed by atoms with Gasteiger partial charge < -0.3 is 5.32 Å². The first-order valence-electron chi connectivity index (χ1n) is 8.21. The van der Waals surface area contributed by atoms with Gasteiger partial charge in [0, 0.05) is 20.7 Å². The Hall–Kier alpha value is -1.65. The Morgan fingerprint density at radius 3 is 2.68 bits per heavy atom. The number of anilines is 1. The van der Waals surface area contributed by atoms with E-state index in [1.54, 1.807) is 12.2 Å². The Balaban J connectivity index is 1.50. The number of aryl methyl sites for hydroxylation is 1. The zero-order valence-corrected chi connectivity index (χ0v) is 17.0. The van der Waals surface area contributed by atoms with Crippen LogP contribution in [0.5, 0.6) is 0 Å². The smallest absolute Gasteiger partial charge is 0.248 e. The van der Waals surface area contributed by atoms with Gasteiger partial charge in [0.1, 0.15) is 0 Å². The van der Waals surface area contributed by atoms with Crippen molar-refractivity contribution in [1.82, 2.24) is 0 Å². The molecule has 1 N–H and O–H groups in total. The Morgan fingerprint density at radius 1 is 1.12 bits per heavy atom. The maximum atomic E-state index is 11.9. The lowest BCUT2D eigenvalue weighted by Crippen LogP contribution is -2.08. The van der Waals surface area contributed by atoms with Gasteiger partial charge in [-0.3, -0.25) is 4.79 Å². The van der Waals surface area contributed by atoms with Crippen molar-refractivity contribution in [3.8, 4) is 0 Å². The van der Waals surface area contributed by atoms with E-state index in [0.717, 1.165) is 26.6 Å². The van der Waals surface area contributed by atoms with Crippen LogP contribution in [0.1, 0.15) is 23.5 Å². The van der Waals surface area contributed by atoms with E-state index >= 15 is 0 Å². The van der Waals surface area contributed by atoms with Crippen LogP contribution in [0.2, 0.25) is 0 Å². The average molecular weight is 461 g/mol. The molecule has 1 aliphatic rings. The van der Waals surface area contributed by atoms with Crippen LogP contribution in [0.25, 0.3) is 0 Å². The summed E-state index contributed by atoms with van der Waals surface area (Å²) in [6, 6.07) is 14.2. The predicted molar refractivity (Wildman–Crippen MR) is 111 cm³/mol. The molecule has 2 aromatic rings. The number of hydrogen-bond acceptors (Lipinski definition) is 1. The highest BCUT2D eigenvalue weighted by atomic mass is 79.9. The summed E-state index contributed by atoms with van der Waals surface area (Å²) in [5, 5.41) is 2.89. The normalized spacial score (nSPS) is 19.5. The number of nitrogens with one attached hydrogen (secondary N) is 1. The van der Waals surface area contributed by atoms with Crippen molar-refractivity contribution >= 4 is 43.5 Å². The maximum Gasteiger partial charge on any atom is 0.248 e. The Kier molecular flexibility index (Phi) is 5.92. The summed E-state index contributed by atoms with van der Waals surface area (Å²) in [7, 11) is 0. The van der Waals surface area contributed by atoms with E-state index in [9.17, 15) is 4.79 Å². The average Bonchev–Trinajstić information content (AvgIpc) is 3.36. The van der Waals surface area contributed by atoms with Gasteiger partial charge in [-0.2, -0.15) is 0 Å². The molecule has 2 atom stereocenters. The standard InChI is InChI=1S/C21H19Br2NO/c1-14-6-2-4-8-20(14)24-21(25)9-5-3-7-15-12-17(15)16-10-11-18(22)19(23)13-16/h2-11,13,15,17H,12H2,1H3,(H,24,25)/t15-,17-/m1/s1. The highest BCUT2D eigenvalue weighted by Gasteiger charge is 2.35. The molecule has 1 fully saturated rings. The number of hydrogen-bond donors (Lipinski definition) is 1. The number of rotatable bonds is 5. The van der Waals surface area contributed by atoms with Gasteiger partial charge in [-0.25, -0.2) is 0 Å². The highest BCUT2D eigenvalue weighted by Crippen LogP contribution is 2.49. The van der Waals surface area contributed by atoms with Crippen molar-refractivity contribution in [2.45, 2.75) is 19.3 Å². The first-order chi connectivity index (χ1) is 12.0. The minimum Gasteiger partial charge on any atom is -0.322 e. The molecule has 0 radical (unpaired) electrons. The van der Waals surface area contributed by atoms with Gasteiger partial charge in [-0.05, 0) is 86.4 Å². The zero-order chi connectivity index (χ0) is 17.8. The number of carbonyl (C=O) groups is 1. The molecule has 0 spiro atoms. The second-order valence-electron chi connectivity index (χ2n) is 6.23. The third-order valence-electron chi connectivity index (χ3n) is 4.33. The molecule has 4 heteroatoms. The summed E-state index contributed by atoms with van der Waals surface area (Å²) < 4.78 is 2.17. The molecule has 3 rings (SSSR count). The largest absolute Gasteiger partial charge is 0.322 e. The number of allylic oxidation sites excluding steroid dienone is 3. The Labute approximate surface area is 165 Å². The third-order valence-corrected chi connectivity index (χ3v) is 6.21. The van der Waals surface area contributed by atoms with E-state index in [1.165, 1.54) is 5.56 Å². The van der Waals surface area contributed by atoms with Gasteiger partial charge in [0.2, 0.25) is 5.91 Å². The second-order valence-corrected chi connectivity index (χ2v) is 7.94. The molecule has 1 saturated carbocycles. The molecule has 0 aliphatic heterocycles. The number of amides is 1. The van der Waals surface area contributed by atoms with E-state index < -0.39 is 0 Å². The lowest BCUT2D eigenvalue weighted by molar-refractivity contribution is -0.111. The fourth-order valence-corrected chi connectivity index (χ4v) is 3.43. The van der Waals surface area contributed by atoms with E-state index in [0.29, 0.717) is 11.8 Å². The van der Waals surface area contributed by atoms with Gasteiger partial charge in [0.25, 0.3) is 0 Å². The van der Waals surface area contributed by atoms with Crippen molar-refractivity contribution in [2.75, 3.05) is 5.32 Å². The summed E-state index contributed by atoms with van der Waals surface area (Å²) in [6.07, 6.45) is 8.68. The molecule has 1 amide bonds. The van der Waals surface area contributed by atoms with Crippen molar-refractivity contribution in [3.63, 3.8) is 0 Å². The molecule has 2 aromatic carbocycles. The zero-order valence-electron chi connectivity index (χ0n) is 13.9. The molecule has 0 unspecified atom stereocenters. The highest BCUT2D eigenvalue weighted by molar-refractivity contribution is 9.13. The van der Waals surface area contributed by atoms with Crippen LogP contribution in [0.4, 0.5) is 5.69 Å². The van der Waals surface area contributed by atoms with Gasteiger partial charge in [0.05, 0.1) is 0 Å². The van der Waals surface area contributed by atoms with Gasteiger partial charge in [-0.1, -0.05) is 42.5 Å². The fourth-order valence-electron chi connectivity index (χ4n) is 2.79. The van der Waals surface area contributed by atoms with Crippen LogP contribution in [0, 0.1) is 12.8 Å². The van der Waals surface area contributed by atoms with Crippen molar-refractivity contribution in [1.29, 1.82) is 0 Å². The lowest BCUT2D eigenvalue weighted by Gasteiger charge is -2.04. The molecule has 25 heavy (non-hydrogen) atoms. The monoisotopic (exact) mass is 459 g/mol. The van der Waals surface area contributed by atoms with E-state index in [4.69, 9.17) is 0 Å². The topological polar surface area (TPSA) is 29.1 Å². The van der Waals surface area contributed by atoms with Crippen molar-refractivity contribution in [3.05, 3.63) is 86.8 Å². The van der Waals surface area contributed by atoms with Crippen LogP contribution in [-0.4, -0.2) is 5.91 Å². The lowest BCUT2D eigenvalue weighted by atomic mass is 10.1. The third kappa shape index (κ3) is 4.93. The summed E-state index contributed by atoms with van der Waals surface area (Å²) in [5.74, 6) is 1.02. The van der Waals surface area contributed by atoms with Crippen LogP contribution in [0.3, 0.4) is 0 Å². The minimum absolute atomic E-state index is 0.108. The number of benzene rings is 2. The van der Waals surface area contributed by atoms with Crippen molar-refractivity contribution < 1.29 is 4.79 Å². The van der Waals surface area contributed by atoms with Crippen LogP contribution < -0.4 is 5.32 Å².